The highest BCUT2D eigenvalue weighted by atomic mass is 16.4. The van der Waals surface area contributed by atoms with Gasteiger partial charge in [-0.05, 0) is 44.4 Å². The van der Waals surface area contributed by atoms with Crippen LogP contribution < -0.4 is 0 Å². The van der Waals surface area contributed by atoms with Crippen LogP contribution in [0, 0.1) is 11.8 Å². The number of carboxylic acids is 1. The summed E-state index contributed by atoms with van der Waals surface area (Å²) in [6.07, 6.45) is 11.0. The molecule has 22 heavy (non-hydrogen) atoms. The molecule has 2 aliphatic rings. The Morgan fingerprint density at radius 3 is 2.64 bits per heavy atom. The molecular formula is C18H28O4. The molecule has 0 aromatic heterocycles. The van der Waals surface area contributed by atoms with Gasteiger partial charge in [-0.2, -0.15) is 0 Å². The Hall–Kier alpha value is -1.16. The van der Waals surface area contributed by atoms with Crippen LogP contribution in [0.25, 0.3) is 0 Å². The van der Waals surface area contributed by atoms with Gasteiger partial charge in [-0.1, -0.05) is 30.9 Å². The highest BCUT2D eigenvalue weighted by Crippen LogP contribution is 2.40. The summed E-state index contributed by atoms with van der Waals surface area (Å²) in [6.45, 7) is 0. The first kappa shape index (κ1) is 17.2. The molecule has 0 aromatic rings. The van der Waals surface area contributed by atoms with Crippen LogP contribution in [-0.4, -0.2) is 28.1 Å². The lowest BCUT2D eigenvalue weighted by atomic mass is 9.80. The Bertz CT molecular complexity index is 427. The lowest BCUT2D eigenvalue weighted by molar-refractivity contribution is -0.137. The van der Waals surface area contributed by atoms with E-state index in [0.29, 0.717) is 18.1 Å². The van der Waals surface area contributed by atoms with Gasteiger partial charge in [0.05, 0.1) is 6.10 Å². The predicted octanol–water partition coefficient (Wildman–Crippen LogP) is 3.48. The van der Waals surface area contributed by atoms with Gasteiger partial charge < -0.3 is 10.2 Å². The summed E-state index contributed by atoms with van der Waals surface area (Å²) in [4.78, 5) is 22.6. The minimum atomic E-state index is -0.728. The first-order valence-electron chi connectivity index (χ1n) is 8.71. The standard InChI is InChI=1S/C18H28O4/c19-14-7-5-6-13(12-14)15-10-11-17(20)16(15)8-3-1-2-4-9-18(21)22/h12,14-16,19H,1-11H2,(H,21,22)/t14?,15-,16-/m0/s1. The zero-order valence-electron chi connectivity index (χ0n) is 13.3. The monoisotopic (exact) mass is 308 g/mol. The summed E-state index contributed by atoms with van der Waals surface area (Å²) in [5.74, 6) is 0.142. The number of aliphatic hydroxyl groups is 1. The maximum absolute atomic E-state index is 12.2. The second-order valence-electron chi connectivity index (χ2n) is 6.77. The first-order valence-corrected chi connectivity index (χ1v) is 8.71. The normalized spacial score (nSPS) is 28.7. The second-order valence-corrected chi connectivity index (χ2v) is 6.77. The summed E-state index contributed by atoms with van der Waals surface area (Å²) in [7, 11) is 0. The molecule has 1 saturated carbocycles. The Kier molecular flexibility index (Phi) is 6.62. The third-order valence-electron chi connectivity index (χ3n) is 5.10. The van der Waals surface area contributed by atoms with Crippen molar-refractivity contribution in [1.82, 2.24) is 0 Å². The van der Waals surface area contributed by atoms with Crippen molar-refractivity contribution >= 4 is 11.8 Å². The van der Waals surface area contributed by atoms with Gasteiger partial charge in [-0.15, -0.1) is 0 Å². The van der Waals surface area contributed by atoms with Crippen molar-refractivity contribution in [2.24, 2.45) is 11.8 Å². The lowest BCUT2D eigenvalue weighted by Gasteiger charge is -2.26. The molecule has 0 spiro atoms. The highest BCUT2D eigenvalue weighted by Gasteiger charge is 2.36. The Balaban J connectivity index is 1.77. The molecule has 2 rings (SSSR count). The van der Waals surface area contributed by atoms with E-state index in [-0.39, 0.29) is 18.4 Å². The maximum atomic E-state index is 12.2. The number of unbranched alkanes of at least 4 members (excludes halogenated alkanes) is 3. The van der Waals surface area contributed by atoms with Crippen LogP contribution in [0.3, 0.4) is 0 Å². The SMILES string of the molecule is O=C(O)CCCCCC[C@@H]1C(=O)CC[C@H]1C1=CC(O)CCC1. The summed E-state index contributed by atoms with van der Waals surface area (Å²) in [5, 5.41) is 18.4. The van der Waals surface area contributed by atoms with Crippen molar-refractivity contribution in [3.63, 3.8) is 0 Å². The van der Waals surface area contributed by atoms with Gasteiger partial charge in [-0.25, -0.2) is 0 Å². The van der Waals surface area contributed by atoms with Crippen molar-refractivity contribution in [3.05, 3.63) is 11.6 Å². The maximum Gasteiger partial charge on any atom is 0.303 e. The quantitative estimate of drug-likeness (QED) is 0.532. The number of hydrogen-bond acceptors (Lipinski definition) is 3. The molecule has 124 valence electrons. The van der Waals surface area contributed by atoms with Crippen molar-refractivity contribution in [2.45, 2.75) is 76.7 Å². The number of hydrogen-bond donors (Lipinski definition) is 2. The number of carbonyl (C=O) groups is 2. The van der Waals surface area contributed by atoms with E-state index in [1.807, 2.05) is 6.08 Å². The molecule has 3 atom stereocenters. The second kappa shape index (κ2) is 8.47. The molecule has 0 heterocycles. The number of aliphatic carboxylic acids is 1. The molecule has 2 aliphatic carbocycles. The van der Waals surface area contributed by atoms with E-state index in [2.05, 4.69) is 0 Å². The van der Waals surface area contributed by atoms with Crippen molar-refractivity contribution in [2.75, 3.05) is 0 Å². The lowest BCUT2D eigenvalue weighted by Crippen LogP contribution is -2.20. The van der Waals surface area contributed by atoms with Gasteiger partial charge in [0.25, 0.3) is 0 Å². The van der Waals surface area contributed by atoms with Crippen LogP contribution in [0.4, 0.5) is 0 Å². The number of Topliss-reactive ketones (excluding diaryl/α,β-unsaturated/α-hetero) is 1. The fourth-order valence-electron chi connectivity index (χ4n) is 3.95. The molecular weight excluding hydrogens is 280 g/mol. The van der Waals surface area contributed by atoms with Crippen molar-refractivity contribution < 1.29 is 19.8 Å². The summed E-state index contributed by atoms with van der Waals surface area (Å²) in [5.41, 5.74) is 1.31. The third-order valence-corrected chi connectivity index (χ3v) is 5.10. The number of rotatable bonds is 8. The molecule has 0 amide bonds. The molecule has 1 unspecified atom stereocenters. The Morgan fingerprint density at radius 1 is 1.14 bits per heavy atom. The van der Waals surface area contributed by atoms with E-state index in [0.717, 1.165) is 57.8 Å². The molecule has 0 radical (unpaired) electrons. The largest absolute Gasteiger partial charge is 0.481 e. The van der Waals surface area contributed by atoms with Crippen molar-refractivity contribution in [3.8, 4) is 0 Å². The van der Waals surface area contributed by atoms with Crippen LogP contribution in [0.2, 0.25) is 0 Å². The van der Waals surface area contributed by atoms with E-state index in [9.17, 15) is 14.7 Å². The fraction of sp³-hybridized carbons (Fsp3) is 0.778. The zero-order valence-corrected chi connectivity index (χ0v) is 13.3. The van der Waals surface area contributed by atoms with Gasteiger partial charge in [0, 0.05) is 18.8 Å². The summed E-state index contributed by atoms with van der Waals surface area (Å²) >= 11 is 0. The molecule has 0 aromatic carbocycles. The number of carbonyl (C=O) groups excluding carboxylic acids is 1. The molecule has 0 bridgehead atoms. The molecule has 2 N–H and O–H groups in total. The van der Waals surface area contributed by atoms with E-state index in [4.69, 9.17) is 5.11 Å². The topological polar surface area (TPSA) is 74.6 Å². The molecule has 0 aliphatic heterocycles. The zero-order chi connectivity index (χ0) is 15.9. The fourth-order valence-corrected chi connectivity index (χ4v) is 3.95. The molecule has 4 heteroatoms. The van der Waals surface area contributed by atoms with E-state index in [1.54, 1.807) is 0 Å². The Labute approximate surface area is 132 Å². The van der Waals surface area contributed by atoms with Gasteiger partial charge in [0.2, 0.25) is 0 Å². The van der Waals surface area contributed by atoms with Gasteiger partial charge >= 0.3 is 5.97 Å². The number of ketones is 1. The van der Waals surface area contributed by atoms with Gasteiger partial charge in [0.1, 0.15) is 5.78 Å². The van der Waals surface area contributed by atoms with Crippen LogP contribution in [0.5, 0.6) is 0 Å². The van der Waals surface area contributed by atoms with Crippen LogP contribution in [0.15, 0.2) is 11.6 Å². The van der Waals surface area contributed by atoms with Gasteiger partial charge in [-0.3, -0.25) is 9.59 Å². The van der Waals surface area contributed by atoms with Crippen molar-refractivity contribution in [1.29, 1.82) is 0 Å². The molecule has 0 saturated heterocycles. The number of allylic oxidation sites excluding steroid dienone is 1. The summed E-state index contributed by atoms with van der Waals surface area (Å²) in [6, 6.07) is 0. The van der Waals surface area contributed by atoms with Crippen LogP contribution in [0.1, 0.15) is 70.6 Å². The third kappa shape index (κ3) is 4.94. The molecule has 1 fully saturated rings. The average Bonchev–Trinajstić information content (AvgIpc) is 2.83. The average molecular weight is 308 g/mol. The van der Waals surface area contributed by atoms with E-state index >= 15 is 0 Å². The van der Waals surface area contributed by atoms with Crippen LogP contribution in [-0.2, 0) is 9.59 Å². The molecule has 4 nitrogen and oxygen atoms in total. The van der Waals surface area contributed by atoms with Gasteiger partial charge in [0.15, 0.2) is 0 Å². The number of carboxylic acid groups (broad SMARTS) is 1. The van der Waals surface area contributed by atoms with E-state index < -0.39 is 5.97 Å². The summed E-state index contributed by atoms with van der Waals surface area (Å²) < 4.78 is 0. The minimum Gasteiger partial charge on any atom is -0.481 e. The number of aliphatic hydroxyl groups excluding tert-OH is 1. The van der Waals surface area contributed by atoms with E-state index in [1.165, 1.54) is 5.57 Å². The minimum absolute atomic E-state index is 0.135. The smallest absolute Gasteiger partial charge is 0.303 e. The first-order chi connectivity index (χ1) is 10.6. The highest BCUT2D eigenvalue weighted by molar-refractivity contribution is 5.84. The Morgan fingerprint density at radius 2 is 1.91 bits per heavy atom. The predicted molar refractivity (Wildman–Crippen MR) is 84.5 cm³/mol. The van der Waals surface area contributed by atoms with Crippen LogP contribution >= 0.6 is 0 Å².